The van der Waals surface area contributed by atoms with Crippen LogP contribution in [0.5, 0.6) is 0 Å². The molecular weight excluding hydrogens is 128 g/mol. The molecule has 8 heavy (non-hydrogen) atoms. The smallest absolute Gasteiger partial charge is 0.157 e. The summed E-state index contributed by atoms with van der Waals surface area (Å²) in [4.78, 5) is 0. The van der Waals surface area contributed by atoms with Gasteiger partial charge in [0, 0.05) is 0 Å². The summed E-state index contributed by atoms with van der Waals surface area (Å²) in [5.41, 5.74) is 6.12. The van der Waals surface area contributed by atoms with Gasteiger partial charge in [-0.15, -0.1) is 5.53 Å². The first-order chi connectivity index (χ1) is 3.72. The molecule has 0 aliphatic carbocycles. The molecule has 0 radical (unpaired) electrons. The Kier molecular flexibility index (Phi) is 1.29. The molecule has 5 heteroatoms. The van der Waals surface area contributed by atoms with Gasteiger partial charge in [0.1, 0.15) is 0 Å². The Morgan fingerprint density at radius 2 is 2.38 bits per heavy atom. The van der Waals surface area contributed by atoms with E-state index in [1.165, 1.54) is 5.12 Å². The SMILES string of the molecule is CC1=C(Cl)N(N)NN1. The molecule has 0 fully saturated rings. The molecule has 0 unspecified atom stereocenters. The van der Waals surface area contributed by atoms with Crippen LogP contribution in [0, 0.1) is 0 Å². The normalized spacial score (nSPS) is 19.6. The monoisotopic (exact) mass is 134 g/mol. The molecule has 1 aliphatic heterocycles. The van der Waals surface area contributed by atoms with Gasteiger partial charge in [0.25, 0.3) is 0 Å². The maximum atomic E-state index is 5.57. The number of hydrazine groups is 3. The van der Waals surface area contributed by atoms with Gasteiger partial charge in [0.05, 0.1) is 5.70 Å². The summed E-state index contributed by atoms with van der Waals surface area (Å²) in [6.07, 6.45) is 0. The van der Waals surface area contributed by atoms with Gasteiger partial charge in [-0.25, -0.2) is 11.0 Å². The van der Waals surface area contributed by atoms with Gasteiger partial charge in [-0.2, -0.15) is 0 Å². The second-order valence-corrected chi connectivity index (χ2v) is 1.88. The largest absolute Gasteiger partial charge is 0.304 e. The van der Waals surface area contributed by atoms with Gasteiger partial charge in [0.2, 0.25) is 0 Å². The number of rotatable bonds is 0. The standard InChI is InChI=1S/C3H7ClN4/c1-2-3(4)8(5)7-6-2/h6-7H,5H2,1H3. The van der Waals surface area contributed by atoms with Crippen LogP contribution in [0.3, 0.4) is 0 Å². The molecule has 4 nitrogen and oxygen atoms in total. The van der Waals surface area contributed by atoms with Crippen molar-refractivity contribution in [1.82, 2.24) is 16.1 Å². The second-order valence-electron chi connectivity index (χ2n) is 1.52. The molecule has 0 aromatic rings. The number of hydrogen-bond donors (Lipinski definition) is 3. The lowest BCUT2D eigenvalue weighted by molar-refractivity contribution is 0.272. The Hall–Kier alpha value is -0.450. The predicted molar refractivity (Wildman–Crippen MR) is 30.9 cm³/mol. The van der Waals surface area contributed by atoms with Crippen LogP contribution in [0.1, 0.15) is 6.92 Å². The van der Waals surface area contributed by atoms with E-state index in [4.69, 9.17) is 17.4 Å². The van der Waals surface area contributed by atoms with Crippen molar-refractivity contribution in [3.63, 3.8) is 0 Å². The third-order valence-corrected chi connectivity index (χ3v) is 1.35. The highest BCUT2D eigenvalue weighted by molar-refractivity contribution is 6.29. The van der Waals surface area contributed by atoms with Crippen LogP contribution in [0.15, 0.2) is 10.9 Å². The van der Waals surface area contributed by atoms with Crippen LogP contribution < -0.4 is 16.8 Å². The number of nitrogens with one attached hydrogen (secondary N) is 2. The Morgan fingerprint density at radius 3 is 2.50 bits per heavy atom. The van der Waals surface area contributed by atoms with Crippen molar-refractivity contribution >= 4 is 11.6 Å². The van der Waals surface area contributed by atoms with Crippen LogP contribution in [0.2, 0.25) is 0 Å². The van der Waals surface area contributed by atoms with Crippen LogP contribution in [-0.4, -0.2) is 5.12 Å². The summed E-state index contributed by atoms with van der Waals surface area (Å²) in [5, 5.41) is 1.70. The van der Waals surface area contributed by atoms with Crippen LogP contribution in [0.4, 0.5) is 0 Å². The molecule has 0 atom stereocenters. The first-order valence-electron chi connectivity index (χ1n) is 2.14. The summed E-state index contributed by atoms with van der Waals surface area (Å²) in [7, 11) is 0. The molecule has 4 N–H and O–H groups in total. The lowest BCUT2D eigenvalue weighted by Gasteiger charge is -2.07. The second kappa shape index (κ2) is 1.81. The first-order valence-corrected chi connectivity index (χ1v) is 2.52. The summed E-state index contributed by atoms with van der Waals surface area (Å²) < 4.78 is 0. The summed E-state index contributed by atoms with van der Waals surface area (Å²) in [6, 6.07) is 0. The van der Waals surface area contributed by atoms with Crippen molar-refractivity contribution in [3.8, 4) is 0 Å². The number of halogens is 1. The number of nitrogens with two attached hydrogens (primary N) is 1. The molecule has 0 aromatic heterocycles. The number of hydrogen-bond acceptors (Lipinski definition) is 4. The lowest BCUT2D eigenvalue weighted by atomic mass is 10.6. The van der Waals surface area contributed by atoms with Crippen molar-refractivity contribution < 1.29 is 0 Å². The molecule has 0 aromatic carbocycles. The highest BCUT2D eigenvalue weighted by Gasteiger charge is 2.11. The van der Waals surface area contributed by atoms with E-state index in [0.717, 1.165) is 5.70 Å². The van der Waals surface area contributed by atoms with Gasteiger partial charge in [-0.3, -0.25) is 0 Å². The zero-order valence-electron chi connectivity index (χ0n) is 4.40. The van der Waals surface area contributed by atoms with Crippen LogP contribution in [-0.2, 0) is 0 Å². The van der Waals surface area contributed by atoms with Crippen molar-refractivity contribution in [2.75, 3.05) is 0 Å². The van der Waals surface area contributed by atoms with Gasteiger partial charge in [-0.05, 0) is 6.92 Å². The van der Waals surface area contributed by atoms with E-state index in [2.05, 4.69) is 11.0 Å². The Morgan fingerprint density at radius 1 is 1.75 bits per heavy atom. The molecule has 1 aliphatic rings. The minimum absolute atomic E-state index is 0.491. The fourth-order valence-electron chi connectivity index (χ4n) is 0.425. The predicted octanol–water partition coefficient (Wildman–Crippen LogP) is -0.387. The highest BCUT2D eigenvalue weighted by atomic mass is 35.5. The molecule has 1 rings (SSSR count). The van der Waals surface area contributed by atoms with Crippen molar-refractivity contribution in [1.29, 1.82) is 0 Å². The highest BCUT2D eigenvalue weighted by Crippen LogP contribution is 2.10. The van der Waals surface area contributed by atoms with Crippen LogP contribution >= 0.6 is 11.6 Å². The zero-order valence-corrected chi connectivity index (χ0v) is 5.16. The molecular formula is C3H7ClN4. The Bertz CT molecular complexity index is 131. The molecule has 0 bridgehead atoms. The van der Waals surface area contributed by atoms with E-state index < -0.39 is 0 Å². The fraction of sp³-hybridized carbons (Fsp3) is 0.333. The lowest BCUT2D eigenvalue weighted by Crippen LogP contribution is -2.41. The molecule has 46 valence electrons. The van der Waals surface area contributed by atoms with Crippen molar-refractivity contribution in [3.05, 3.63) is 10.9 Å². The van der Waals surface area contributed by atoms with Crippen LogP contribution in [0.25, 0.3) is 0 Å². The van der Waals surface area contributed by atoms with Gasteiger partial charge in [0.15, 0.2) is 5.16 Å². The number of nitrogens with zero attached hydrogens (tertiary/aromatic N) is 1. The quantitative estimate of drug-likeness (QED) is 0.312. The first kappa shape index (κ1) is 5.68. The molecule has 0 saturated carbocycles. The van der Waals surface area contributed by atoms with Gasteiger partial charge in [-0.1, -0.05) is 11.6 Å². The zero-order chi connectivity index (χ0) is 6.15. The summed E-state index contributed by atoms with van der Waals surface area (Å²) in [6.45, 7) is 1.82. The average Bonchev–Trinajstić information content (AvgIpc) is 1.98. The minimum Gasteiger partial charge on any atom is -0.304 e. The maximum Gasteiger partial charge on any atom is 0.157 e. The Labute approximate surface area is 52.2 Å². The van der Waals surface area contributed by atoms with Crippen molar-refractivity contribution in [2.24, 2.45) is 5.84 Å². The van der Waals surface area contributed by atoms with E-state index in [-0.39, 0.29) is 0 Å². The van der Waals surface area contributed by atoms with Crippen molar-refractivity contribution in [2.45, 2.75) is 6.92 Å². The van der Waals surface area contributed by atoms with E-state index in [1.807, 2.05) is 6.92 Å². The topological polar surface area (TPSA) is 53.3 Å². The molecule has 0 amide bonds. The summed E-state index contributed by atoms with van der Waals surface area (Å²) >= 11 is 5.57. The fourth-order valence-corrected chi connectivity index (χ4v) is 0.515. The summed E-state index contributed by atoms with van der Waals surface area (Å²) in [5.74, 6) is 5.24. The minimum atomic E-state index is 0.491. The molecule has 0 spiro atoms. The third-order valence-electron chi connectivity index (χ3n) is 0.885. The van der Waals surface area contributed by atoms with Gasteiger partial charge < -0.3 is 5.43 Å². The van der Waals surface area contributed by atoms with E-state index in [9.17, 15) is 0 Å². The Balaban J connectivity index is 2.71. The van der Waals surface area contributed by atoms with Gasteiger partial charge >= 0.3 is 0 Å². The van der Waals surface area contributed by atoms with E-state index >= 15 is 0 Å². The third kappa shape index (κ3) is 0.730. The van der Waals surface area contributed by atoms with E-state index in [1.54, 1.807) is 0 Å². The molecule has 0 saturated heterocycles. The number of allylic oxidation sites excluding steroid dienone is 1. The maximum absolute atomic E-state index is 5.57. The van der Waals surface area contributed by atoms with E-state index in [0.29, 0.717) is 5.16 Å². The molecule has 1 heterocycles. The average molecular weight is 135 g/mol.